The molecule has 3 aromatic rings. The minimum Gasteiger partial charge on any atom is -0.340 e. The average molecular weight is 292 g/mol. The number of likely N-dealkylation sites (N-methyl/N-ethyl adjacent to an activating group) is 1. The zero-order valence-electron chi connectivity index (χ0n) is 12.3. The number of pyridine rings is 1. The molecular weight excluding hydrogens is 276 g/mol. The van der Waals surface area contributed by atoms with Gasteiger partial charge in [0.15, 0.2) is 0 Å². The van der Waals surface area contributed by atoms with E-state index in [0.29, 0.717) is 18.7 Å². The van der Waals surface area contributed by atoms with Crippen molar-refractivity contribution in [2.75, 3.05) is 13.6 Å². The number of aromatic nitrogens is 3. The number of carbonyl (C=O) groups is 1. The number of hydrogen-bond donors (Lipinski definition) is 0. The summed E-state index contributed by atoms with van der Waals surface area (Å²) in [5.74, 6) is -0.130. The van der Waals surface area contributed by atoms with Crippen LogP contribution in [0.1, 0.15) is 16.2 Å². The first-order chi connectivity index (χ1) is 10.7. The fourth-order valence-corrected chi connectivity index (χ4v) is 2.19. The maximum Gasteiger partial charge on any atom is 0.273 e. The molecule has 2 aromatic heterocycles. The quantitative estimate of drug-likeness (QED) is 0.740. The Morgan fingerprint density at radius 3 is 2.59 bits per heavy atom. The lowest BCUT2D eigenvalue weighted by Gasteiger charge is -2.16. The van der Waals surface area contributed by atoms with Crippen LogP contribution in [0.3, 0.4) is 0 Å². The second kappa shape index (κ2) is 6.30. The van der Waals surface area contributed by atoms with Crippen molar-refractivity contribution in [3.63, 3.8) is 0 Å². The summed E-state index contributed by atoms with van der Waals surface area (Å²) in [6.07, 6.45) is 4.00. The van der Waals surface area contributed by atoms with Gasteiger partial charge in [0.05, 0.1) is 17.2 Å². The van der Waals surface area contributed by atoms with Crippen LogP contribution < -0.4 is 0 Å². The van der Waals surface area contributed by atoms with Gasteiger partial charge in [-0.2, -0.15) is 0 Å². The van der Waals surface area contributed by atoms with Crippen LogP contribution in [0.2, 0.25) is 0 Å². The van der Waals surface area contributed by atoms with Crippen molar-refractivity contribution in [1.29, 1.82) is 0 Å². The third-order valence-electron chi connectivity index (χ3n) is 3.44. The number of amides is 1. The maximum absolute atomic E-state index is 12.4. The molecule has 110 valence electrons. The summed E-state index contributed by atoms with van der Waals surface area (Å²) >= 11 is 0. The molecule has 0 radical (unpaired) electrons. The van der Waals surface area contributed by atoms with Crippen molar-refractivity contribution >= 4 is 16.9 Å². The molecular formula is C17H16N4O. The Kier molecular flexibility index (Phi) is 4.05. The third kappa shape index (κ3) is 3.09. The van der Waals surface area contributed by atoms with Gasteiger partial charge in [0.1, 0.15) is 5.69 Å². The highest BCUT2D eigenvalue weighted by Crippen LogP contribution is 2.10. The summed E-state index contributed by atoms with van der Waals surface area (Å²) < 4.78 is 0. The third-order valence-corrected chi connectivity index (χ3v) is 3.44. The molecule has 2 heterocycles. The molecule has 0 fully saturated rings. The van der Waals surface area contributed by atoms with E-state index in [-0.39, 0.29) is 5.91 Å². The van der Waals surface area contributed by atoms with E-state index in [1.165, 1.54) is 6.20 Å². The second-order valence-corrected chi connectivity index (χ2v) is 5.04. The number of carbonyl (C=O) groups excluding carboxylic acids is 1. The number of rotatable bonds is 4. The Morgan fingerprint density at radius 2 is 1.82 bits per heavy atom. The highest BCUT2D eigenvalue weighted by Gasteiger charge is 2.14. The summed E-state index contributed by atoms with van der Waals surface area (Å²) in [5.41, 5.74) is 2.84. The Labute approximate surface area is 128 Å². The smallest absolute Gasteiger partial charge is 0.273 e. The normalized spacial score (nSPS) is 10.6. The van der Waals surface area contributed by atoms with Crippen LogP contribution in [-0.2, 0) is 6.42 Å². The molecule has 0 bridgehead atoms. The van der Waals surface area contributed by atoms with Crippen LogP contribution in [-0.4, -0.2) is 39.4 Å². The lowest BCUT2D eigenvalue weighted by atomic mass is 10.2. The van der Waals surface area contributed by atoms with Crippen molar-refractivity contribution < 1.29 is 4.79 Å². The molecule has 0 unspecified atom stereocenters. The molecule has 0 spiro atoms. The molecule has 0 aliphatic heterocycles. The van der Waals surface area contributed by atoms with E-state index in [2.05, 4.69) is 15.0 Å². The summed E-state index contributed by atoms with van der Waals surface area (Å²) in [5, 5.41) is 0. The van der Waals surface area contributed by atoms with E-state index in [0.717, 1.165) is 16.7 Å². The fourth-order valence-electron chi connectivity index (χ4n) is 2.19. The van der Waals surface area contributed by atoms with Crippen molar-refractivity contribution in [3.05, 3.63) is 66.2 Å². The summed E-state index contributed by atoms with van der Waals surface area (Å²) in [4.78, 5) is 27.0. The molecule has 5 heteroatoms. The van der Waals surface area contributed by atoms with Gasteiger partial charge in [0.25, 0.3) is 5.91 Å². The topological polar surface area (TPSA) is 59.0 Å². The SMILES string of the molecule is CN(CCc1ccccn1)C(=O)c1cnc2ccccc2n1. The van der Waals surface area contributed by atoms with E-state index in [1.54, 1.807) is 18.1 Å². The number of hydrogen-bond acceptors (Lipinski definition) is 4. The molecule has 0 saturated carbocycles. The zero-order valence-corrected chi connectivity index (χ0v) is 12.3. The minimum atomic E-state index is -0.130. The summed E-state index contributed by atoms with van der Waals surface area (Å²) in [6, 6.07) is 13.3. The van der Waals surface area contributed by atoms with E-state index in [9.17, 15) is 4.79 Å². The first-order valence-electron chi connectivity index (χ1n) is 7.11. The Bertz CT molecular complexity index is 789. The summed E-state index contributed by atoms with van der Waals surface area (Å²) in [7, 11) is 1.77. The van der Waals surface area contributed by atoms with E-state index < -0.39 is 0 Å². The summed E-state index contributed by atoms with van der Waals surface area (Å²) in [6.45, 7) is 0.588. The number of fused-ring (bicyclic) bond motifs is 1. The Hall–Kier alpha value is -2.82. The second-order valence-electron chi connectivity index (χ2n) is 5.04. The van der Waals surface area contributed by atoms with Crippen molar-refractivity contribution in [2.45, 2.75) is 6.42 Å². The Balaban J connectivity index is 1.71. The van der Waals surface area contributed by atoms with Crippen LogP contribution in [0.15, 0.2) is 54.9 Å². The predicted molar refractivity (Wildman–Crippen MR) is 84.4 cm³/mol. The van der Waals surface area contributed by atoms with Crippen molar-refractivity contribution in [1.82, 2.24) is 19.9 Å². The maximum atomic E-state index is 12.4. The molecule has 3 rings (SSSR count). The van der Waals surface area contributed by atoms with Crippen LogP contribution in [0.5, 0.6) is 0 Å². The van der Waals surface area contributed by atoms with Crippen molar-refractivity contribution in [3.8, 4) is 0 Å². The molecule has 22 heavy (non-hydrogen) atoms. The fraction of sp³-hybridized carbons (Fsp3) is 0.176. The largest absolute Gasteiger partial charge is 0.340 e. The van der Waals surface area contributed by atoms with Crippen molar-refractivity contribution in [2.24, 2.45) is 0 Å². The first kappa shape index (κ1) is 14.1. The molecule has 5 nitrogen and oxygen atoms in total. The molecule has 0 atom stereocenters. The lowest BCUT2D eigenvalue weighted by Crippen LogP contribution is -2.29. The van der Waals surface area contributed by atoms with E-state index >= 15 is 0 Å². The van der Waals surface area contributed by atoms with Crippen LogP contribution in [0, 0.1) is 0 Å². The predicted octanol–water partition coefficient (Wildman–Crippen LogP) is 2.34. The standard InChI is InChI=1S/C17H16N4O/c1-21(11-9-13-6-4-5-10-18-13)17(22)16-12-19-14-7-2-3-8-15(14)20-16/h2-8,10,12H,9,11H2,1H3. The van der Waals surface area contributed by atoms with Gasteiger partial charge >= 0.3 is 0 Å². The minimum absolute atomic E-state index is 0.130. The highest BCUT2D eigenvalue weighted by atomic mass is 16.2. The van der Waals surface area contributed by atoms with Crippen LogP contribution >= 0.6 is 0 Å². The number of nitrogens with zero attached hydrogens (tertiary/aromatic N) is 4. The van der Waals surface area contributed by atoms with E-state index in [4.69, 9.17) is 0 Å². The van der Waals surface area contributed by atoms with Gasteiger partial charge in [-0.15, -0.1) is 0 Å². The monoisotopic (exact) mass is 292 g/mol. The zero-order chi connectivity index (χ0) is 15.4. The van der Waals surface area contributed by atoms with Gasteiger partial charge in [-0.25, -0.2) is 4.98 Å². The number of benzene rings is 1. The van der Waals surface area contributed by atoms with Gasteiger partial charge < -0.3 is 4.90 Å². The van der Waals surface area contributed by atoms with Crippen LogP contribution in [0.4, 0.5) is 0 Å². The van der Waals surface area contributed by atoms with Gasteiger partial charge in [-0.3, -0.25) is 14.8 Å². The molecule has 0 N–H and O–H groups in total. The molecule has 0 saturated heterocycles. The lowest BCUT2D eigenvalue weighted by molar-refractivity contribution is 0.0790. The van der Waals surface area contributed by atoms with Gasteiger partial charge in [0.2, 0.25) is 0 Å². The van der Waals surface area contributed by atoms with Crippen LogP contribution in [0.25, 0.3) is 11.0 Å². The molecule has 0 aliphatic carbocycles. The van der Waals surface area contributed by atoms with Gasteiger partial charge in [0, 0.05) is 31.9 Å². The van der Waals surface area contributed by atoms with Gasteiger partial charge in [-0.1, -0.05) is 18.2 Å². The highest BCUT2D eigenvalue weighted by molar-refractivity contribution is 5.93. The Morgan fingerprint density at radius 1 is 1.05 bits per heavy atom. The first-order valence-corrected chi connectivity index (χ1v) is 7.11. The van der Waals surface area contributed by atoms with Gasteiger partial charge in [-0.05, 0) is 24.3 Å². The average Bonchev–Trinajstić information content (AvgIpc) is 2.59. The molecule has 1 aromatic carbocycles. The van der Waals surface area contributed by atoms with E-state index in [1.807, 2.05) is 42.5 Å². The molecule has 0 aliphatic rings. The number of para-hydroxylation sites is 2. The molecule has 1 amide bonds.